The molecule has 0 bridgehead atoms. The first-order valence-corrected chi connectivity index (χ1v) is 11.9. The Kier molecular flexibility index (Phi) is 7.10. The first-order valence-electron chi connectivity index (χ1n) is 10.9. The van der Waals surface area contributed by atoms with Crippen molar-refractivity contribution in [3.8, 4) is 34.2 Å². The van der Waals surface area contributed by atoms with Gasteiger partial charge in [0.05, 0.1) is 24.1 Å². The maximum atomic E-state index is 12.8. The molecule has 0 saturated heterocycles. The summed E-state index contributed by atoms with van der Waals surface area (Å²) in [6.45, 7) is 4.02. The first kappa shape index (κ1) is 23.3. The van der Waals surface area contributed by atoms with Crippen LogP contribution in [0.2, 0.25) is 0 Å². The molecule has 0 fully saturated rings. The van der Waals surface area contributed by atoms with Gasteiger partial charge in [0, 0.05) is 16.7 Å². The summed E-state index contributed by atoms with van der Waals surface area (Å²) in [6, 6.07) is 27.5. The average Bonchev–Trinajstić information content (AvgIpc) is 2.87. The van der Waals surface area contributed by atoms with E-state index in [1.807, 2.05) is 92.7 Å². The Hall–Kier alpha value is -3.88. The van der Waals surface area contributed by atoms with Crippen LogP contribution in [0, 0.1) is 25.2 Å². The van der Waals surface area contributed by atoms with E-state index in [4.69, 9.17) is 9.72 Å². The Balaban J connectivity index is 1.75. The summed E-state index contributed by atoms with van der Waals surface area (Å²) in [5.41, 5.74) is 6.76. The molecule has 0 amide bonds. The second kappa shape index (κ2) is 10.4. The van der Waals surface area contributed by atoms with Crippen LogP contribution in [0.25, 0.3) is 22.4 Å². The summed E-state index contributed by atoms with van der Waals surface area (Å²) in [7, 11) is 1.63. The van der Waals surface area contributed by atoms with Crippen molar-refractivity contribution in [1.29, 1.82) is 5.26 Å². The zero-order chi connectivity index (χ0) is 24.1. The van der Waals surface area contributed by atoms with Gasteiger partial charge in [0.1, 0.15) is 16.8 Å². The number of thioether (sulfide) groups is 1. The molecule has 0 radical (unpaired) electrons. The molecule has 0 atom stereocenters. The number of pyridine rings is 1. The molecule has 0 unspecified atom stereocenters. The number of carbonyl (C=O) groups excluding carboxylic acids is 1. The van der Waals surface area contributed by atoms with Crippen molar-refractivity contribution < 1.29 is 9.53 Å². The maximum absolute atomic E-state index is 12.8. The summed E-state index contributed by atoms with van der Waals surface area (Å²) in [4.78, 5) is 17.6. The third-order valence-corrected chi connectivity index (χ3v) is 6.54. The van der Waals surface area contributed by atoms with E-state index in [2.05, 4.69) is 6.07 Å². The van der Waals surface area contributed by atoms with Crippen LogP contribution in [0.15, 0.2) is 83.9 Å². The number of hydrogen-bond donors (Lipinski definition) is 0. The topological polar surface area (TPSA) is 63.0 Å². The molecule has 0 aliphatic carbocycles. The van der Waals surface area contributed by atoms with Crippen LogP contribution in [0.3, 0.4) is 0 Å². The molecule has 168 valence electrons. The van der Waals surface area contributed by atoms with Crippen LogP contribution in [0.5, 0.6) is 5.75 Å². The van der Waals surface area contributed by atoms with Crippen molar-refractivity contribution in [2.75, 3.05) is 12.9 Å². The van der Waals surface area contributed by atoms with Crippen LogP contribution >= 0.6 is 11.8 Å². The highest BCUT2D eigenvalue weighted by molar-refractivity contribution is 8.00. The van der Waals surface area contributed by atoms with Crippen LogP contribution in [-0.4, -0.2) is 23.6 Å². The molecule has 1 aromatic heterocycles. The summed E-state index contributed by atoms with van der Waals surface area (Å²) >= 11 is 1.30. The highest BCUT2D eigenvalue weighted by atomic mass is 32.2. The van der Waals surface area contributed by atoms with E-state index in [1.165, 1.54) is 11.8 Å². The van der Waals surface area contributed by atoms with E-state index in [9.17, 15) is 10.1 Å². The number of aromatic nitrogens is 1. The van der Waals surface area contributed by atoms with E-state index in [0.29, 0.717) is 16.2 Å². The number of Topliss-reactive ketones (excluding diaryl/α,β-unsaturated/α-hetero) is 1. The van der Waals surface area contributed by atoms with Crippen molar-refractivity contribution in [2.24, 2.45) is 0 Å². The molecule has 4 nitrogen and oxygen atoms in total. The van der Waals surface area contributed by atoms with Gasteiger partial charge in [-0.1, -0.05) is 71.4 Å². The van der Waals surface area contributed by atoms with E-state index >= 15 is 0 Å². The SMILES string of the molecule is COc1ccc(-c2cc(-c3ccc(C)cc3)c(C#N)c(SCC(=O)c3ccc(C)cc3)n2)cc1. The van der Waals surface area contributed by atoms with Crippen molar-refractivity contribution in [3.05, 3.63) is 101 Å². The Morgan fingerprint density at radius 2 is 1.50 bits per heavy atom. The molecule has 4 aromatic rings. The lowest BCUT2D eigenvalue weighted by molar-refractivity contribution is 0.102. The number of benzene rings is 3. The molecule has 0 N–H and O–H groups in total. The van der Waals surface area contributed by atoms with Crippen LogP contribution in [0.4, 0.5) is 0 Å². The third kappa shape index (κ3) is 5.19. The van der Waals surface area contributed by atoms with Crippen molar-refractivity contribution in [3.63, 3.8) is 0 Å². The summed E-state index contributed by atoms with van der Waals surface area (Å²) in [5.74, 6) is 0.960. The van der Waals surface area contributed by atoms with Gasteiger partial charge in [-0.15, -0.1) is 0 Å². The minimum atomic E-state index is 0.00225. The number of carbonyl (C=O) groups is 1. The highest BCUT2D eigenvalue weighted by Gasteiger charge is 2.17. The van der Waals surface area contributed by atoms with Crippen molar-refractivity contribution in [2.45, 2.75) is 18.9 Å². The number of methoxy groups -OCH3 is 1. The molecular weight excluding hydrogens is 440 g/mol. The Morgan fingerprint density at radius 3 is 2.09 bits per heavy atom. The Labute approximate surface area is 204 Å². The number of rotatable bonds is 7. The molecule has 0 saturated carbocycles. The summed E-state index contributed by atoms with van der Waals surface area (Å²) in [5, 5.41) is 10.6. The van der Waals surface area contributed by atoms with Gasteiger partial charge in [-0.2, -0.15) is 5.26 Å². The normalized spacial score (nSPS) is 10.5. The molecule has 1 heterocycles. The van der Waals surface area contributed by atoms with Crippen LogP contribution < -0.4 is 4.74 Å². The number of ether oxygens (including phenoxy) is 1. The average molecular weight is 465 g/mol. The summed E-state index contributed by atoms with van der Waals surface area (Å²) in [6.07, 6.45) is 0. The van der Waals surface area contributed by atoms with Gasteiger partial charge >= 0.3 is 0 Å². The van der Waals surface area contributed by atoms with E-state index in [-0.39, 0.29) is 11.5 Å². The fourth-order valence-corrected chi connectivity index (χ4v) is 4.46. The largest absolute Gasteiger partial charge is 0.497 e. The Bertz CT molecular complexity index is 1350. The van der Waals surface area contributed by atoms with Gasteiger partial charge < -0.3 is 4.74 Å². The minimum absolute atomic E-state index is 0.00225. The molecule has 0 aliphatic rings. The number of hydrogen-bond acceptors (Lipinski definition) is 5. The zero-order valence-corrected chi connectivity index (χ0v) is 20.1. The first-order chi connectivity index (χ1) is 16.5. The number of ketones is 1. The van der Waals surface area contributed by atoms with E-state index in [0.717, 1.165) is 39.3 Å². The van der Waals surface area contributed by atoms with E-state index in [1.54, 1.807) is 7.11 Å². The predicted molar refractivity (Wildman–Crippen MR) is 137 cm³/mol. The van der Waals surface area contributed by atoms with Crippen LogP contribution in [0.1, 0.15) is 27.0 Å². The van der Waals surface area contributed by atoms with Gasteiger partial charge in [-0.3, -0.25) is 4.79 Å². The quantitative estimate of drug-likeness (QED) is 0.220. The molecule has 0 spiro atoms. The molecule has 3 aromatic carbocycles. The lowest BCUT2D eigenvalue weighted by Crippen LogP contribution is -2.04. The standard InChI is InChI=1S/C29H24N2O2S/c1-19-4-8-21(9-5-19)25-16-27(22-12-14-24(33-3)15-13-22)31-29(26(25)17-30)34-18-28(32)23-10-6-20(2)7-11-23/h4-16H,18H2,1-3H3. The predicted octanol–water partition coefficient (Wildman–Crippen LogP) is 6.89. The van der Waals surface area contributed by atoms with Crippen molar-refractivity contribution >= 4 is 17.5 Å². The lowest BCUT2D eigenvalue weighted by atomic mass is 9.98. The van der Waals surface area contributed by atoms with Gasteiger partial charge in [0.15, 0.2) is 5.78 Å². The van der Waals surface area contributed by atoms with Gasteiger partial charge in [-0.25, -0.2) is 4.98 Å². The van der Waals surface area contributed by atoms with Crippen molar-refractivity contribution in [1.82, 2.24) is 4.98 Å². The van der Waals surface area contributed by atoms with E-state index < -0.39 is 0 Å². The van der Waals surface area contributed by atoms with Gasteiger partial charge in [-0.05, 0) is 49.7 Å². The molecule has 4 rings (SSSR count). The fourth-order valence-electron chi connectivity index (χ4n) is 3.56. The fraction of sp³-hybridized carbons (Fsp3) is 0.138. The van der Waals surface area contributed by atoms with Gasteiger partial charge in [0.25, 0.3) is 0 Å². The monoisotopic (exact) mass is 464 g/mol. The minimum Gasteiger partial charge on any atom is -0.497 e. The molecular formula is C29H24N2O2S. The molecule has 0 aliphatic heterocycles. The third-order valence-electron chi connectivity index (χ3n) is 5.56. The Morgan fingerprint density at radius 1 is 0.912 bits per heavy atom. The summed E-state index contributed by atoms with van der Waals surface area (Å²) < 4.78 is 5.28. The zero-order valence-electron chi connectivity index (χ0n) is 19.3. The highest BCUT2D eigenvalue weighted by Crippen LogP contribution is 2.35. The maximum Gasteiger partial charge on any atom is 0.173 e. The second-order valence-electron chi connectivity index (χ2n) is 8.02. The number of nitriles is 1. The smallest absolute Gasteiger partial charge is 0.173 e. The number of aryl methyl sites for hydroxylation is 2. The van der Waals surface area contributed by atoms with Gasteiger partial charge in [0.2, 0.25) is 0 Å². The second-order valence-corrected chi connectivity index (χ2v) is 8.98. The molecule has 34 heavy (non-hydrogen) atoms. The van der Waals surface area contributed by atoms with Crippen LogP contribution in [-0.2, 0) is 0 Å². The number of nitrogens with zero attached hydrogens (tertiary/aromatic N) is 2. The molecule has 5 heteroatoms. The lowest BCUT2D eigenvalue weighted by Gasteiger charge is -2.13.